The highest BCUT2D eigenvalue weighted by molar-refractivity contribution is 7.90. The van der Waals surface area contributed by atoms with Crippen LogP contribution >= 0.6 is 12.4 Å². The average molecular weight is 412 g/mol. The van der Waals surface area contributed by atoms with E-state index >= 15 is 0 Å². The van der Waals surface area contributed by atoms with Gasteiger partial charge in [-0.25, -0.2) is 25.9 Å². The fourth-order valence-corrected chi connectivity index (χ4v) is 5.40. The van der Waals surface area contributed by atoms with E-state index in [0.29, 0.717) is 13.1 Å². The Morgan fingerprint density at radius 2 is 1.88 bits per heavy atom. The summed E-state index contributed by atoms with van der Waals surface area (Å²) in [4.78, 5) is 0.123. The molecule has 0 saturated carbocycles. The molecule has 1 aromatic rings. The number of benzene rings is 1. The molecule has 0 aliphatic carbocycles. The molecule has 2 unspecified atom stereocenters. The van der Waals surface area contributed by atoms with Gasteiger partial charge in [0.25, 0.3) is 0 Å². The van der Waals surface area contributed by atoms with Crippen molar-refractivity contribution in [2.45, 2.75) is 30.7 Å². The lowest BCUT2D eigenvalue weighted by molar-refractivity contribution is 0.243. The molecule has 25 heavy (non-hydrogen) atoms. The monoisotopic (exact) mass is 411 g/mol. The topological polar surface area (TPSA) is 110 Å². The molecule has 1 aromatic carbocycles. The molecule has 0 amide bonds. The first-order valence-electron chi connectivity index (χ1n) is 8.00. The third-order valence-electron chi connectivity index (χ3n) is 4.26. The number of halogens is 1. The van der Waals surface area contributed by atoms with Gasteiger partial charge in [-0.15, -0.1) is 12.4 Å². The molecule has 3 N–H and O–H groups in total. The van der Waals surface area contributed by atoms with Crippen molar-refractivity contribution in [3.8, 4) is 0 Å². The highest BCUT2D eigenvalue weighted by Gasteiger charge is 2.30. The van der Waals surface area contributed by atoms with Crippen molar-refractivity contribution >= 4 is 32.5 Å². The Labute approximate surface area is 156 Å². The van der Waals surface area contributed by atoms with Crippen LogP contribution in [-0.4, -0.2) is 52.6 Å². The summed E-state index contributed by atoms with van der Waals surface area (Å²) in [6, 6.07) is 7.83. The summed E-state index contributed by atoms with van der Waals surface area (Å²) in [5.74, 6) is -0.111. The number of piperidine rings is 1. The van der Waals surface area contributed by atoms with Crippen LogP contribution < -0.4 is 10.5 Å². The van der Waals surface area contributed by atoms with Crippen molar-refractivity contribution in [3.63, 3.8) is 0 Å². The predicted molar refractivity (Wildman–Crippen MR) is 101 cm³/mol. The third-order valence-corrected chi connectivity index (χ3v) is 7.58. The molecular formula is C15H26ClN3O4S2. The summed E-state index contributed by atoms with van der Waals surface area (Å²) in [6.45, 7) is 2.61. The first-order valence-corrected chi connectivity index (χ1v) is 11.1. The van der Waals surface area contributed by atoms with Crippen molar-refractivity contribution in [3.05, 3.63) is 30.3 Å². The van der Waals surface area contributed by atoms with Crippen LogP contribution in [0.1, 0.15) is 19.8 Å². The standard InChI is InChI=1S/C15H25N3O4S2.ClH/c1-13(16)14-6-5-10-18(12-14)23(19,20)11-9-17-24(21,22)15-7-3-2-4-8-15;/h2-4,7-8,13-14,17H,5-6,9-12,16H2,1H3;1H. The van der Waals surface area contributed by atoms with Gasteiger partial charge in [-0.2, -0.15) is 0 Å². The van der Waals surface area contributed by atoms with E-state index in [4.69, 9.17) is 5.73 Å². The van der Waals surface area contributed by atoms with E-state index < -0.39 is 20.0 Å². The van der Waals surface area contributed by atoms with E-state index in [0.717, 1.165) is 12.8 Å². The highest BCUT2D eigenvalue weighted by Crippen LogP contribution is 2.21. The minimum absolute atomic E-state index is 0. The quantitative estimate of drug-likeness (QED) is 0.688. The summed E-state index contributed by atoms with van der Waals surface area (Å²) >= 11 is 0. The summed E-state index contributed by atoms with van der Waals surface area (Å²) in [6.07, 6.45) is 1.70. The van der Waals surface area contributed by atoms with Gasteiger partial charge in [0.15, 0.2) is 0 Å². The number of nitrogens with zero attached hydrogens (tertiary/aromatic N) is 1. The van der Waals surface area contributed by atoms with E-state index in [9.17, 15) is 16.8 Å². The largest absolute Gasteiger partial charge is 0.328 e. The van der Waals surface area contributed by atoms with Crippen LogP contribution in [0.2, 0.25) is 0 Å². The first kappa shape index (κ1) is 22.3. The van der Waals surface area contributed by atoms with Crippen LogP contribution in [0.15, 0.2) is 35.2 Å². The molecule has 0 radical (unpaired) electrons. The Bertz CT molecular complexity index is 739. The molecule has 1 aliphatic heterocycles. The van der Waals surface area contributed by atoms with E-state index in [2.05, 4.69) is 4.72 Å². The number of sulfonamides is 2. The molecule has 1 aliphatic rings. The molecule has 0 aromatic heterocycles. The molecule has 0 spiro atoms. The maximum Gasteiger partial charge on any atom is 0.240 e. The normalized spacial score (nSPS) is 20.6. The van der Waals surface area contributed by atoms with Gasteiger partial charge in [0, 0.05) is 25.7 Å². The van der Waals surface area contributed by atoms with Gasteiger partial charge in [-0.3, -0.25) is 0 Å². The van der Waals surface area contributed by atoms with Crippen LogP contribution in [0, 0.1) is 5.92 Å². The zero-order valence-electron chi connectivity index (χ0n) is 14.2. The van der Waals surface area contributed by atoms with Crippen molar-refractivity contribution in [2.75, 3.05) is 25.4 Å². The van der Waals surface area contributed by atoms with Crippen LogP contribution in [-0.2, 0) is 20.0 Å². The van der Waals surface area contributed by atoms with Gasteiger partial charge in [-0.1, -0.05) is 18.2 Å². The Balaban J connectivity index is 0.00000312. The minimum Gasteiger partial charge on any atom is -0.328 e. The lowest BCUT2D eigenvalue weighted by Crippen LogP contribution is -2.46. The van der Waals surface area contributed by atoms with E-state index in [1.165, 1.54) is 16.4 Å². The van der Waals surface area contributed by atoms with Crippen LogP contribution in [0.4, 0.5) is 0 Å². The zero-order valence-corrected chi connectivity index (χ0v) is 16.6. The van der Waals surface area contributed by atoms with E-state index in [1.54, 1.807) is 18.2 Å². The third kappa shape index (κ3) is 6.19. The lowest BCUT2D eigenvalue weighted by Gasteiger charge is -2.33. The molecule has 1 heterocycles. The van der Waals surface area contributed by atoms with Gasteiger partial charge in [-0.05, 0) is 37.8 Å². The van der Waals surface area contributed by atoms with Gasteiger partial charge >= 0.3 is 0 Å². The number of hydrogen-bond acceptors (Lipinski definition) is 5. The van der Waals surface area contributed by atoms with Gasteiger partial charge < -0.3 is 5.73 Å². The minimum atomic E-state index is -3.69. The number of hydrogen-bond donors (Lipinski definition) is 2. The van der Waals surface area contributed by atoms with Crippen molar-refractivity contribution in [1.29, 1.82) is 0 Å². The Kier molecular flexibility index (Phi) is 8.30. The van der Waals surface area contributed by atoms with Gasteiger partial charge in [0.1, 0.15) is 0 Å². The van der Waals surface area contributed by atoms with Crippen LogP contribution in [0.3, 0.4) is 0 Å². The molecule has 10 heteroatoms. The second-order valence-electron chi connectivity index (χ2n) is 6.15. The van der Waals surface area contributed by atoms with Crippen molar-refractivity contribution < 1.29 is 16.8 Å². The summed E-state index contributed by atoms with van der Waals surface area (Å²) in [5, 5.41) is 0. The summed E-state index contributed by atoms with van der Waals surface area (Å²) in [5.41, 5.74) is 5.88. The van der Waals surface area contributed by atoms with E-state index in [-0.39, 0.29) is 41.6 Å². The average Bonchev–Trinajstić information content (AvgIpc) is 2.55. The Morgan fingerprint density at radius 3 is 2.48 bits per heavy atom. The molecule has 2 rings (SSSR count). The lowest BCUT2D eigenvalue weighted by atomic mass is 9.93. The number of rotatable bonds is 7. The first-order chi connectivity index (χ1) is 11.2. The summed E-state index contributed by atoms with van der Waals surface area (Å²) < 4.78 is 52.8. The fourth-order valence-electron chi connectivity index (χ4n) is 2.77. The molecule has 1 saturated heterocycles. The maximum atomic E-state index is 12.4. The predicted octanol–water partition coefficient (Wildman–Crippen LogP) is 0.776. The summed E-state index contributed by atoms with van der Waals surface area (Å²) in [7, 11) is -7.19. The van der Waals surface area contributed by atoms with Gasteiger partial charge in [0.2, 0.25) is 20.0 Å². The number of nitrogens with one attached hydrogen (secondary N) is 1. The number of nitrogens with two attached hydrogens (primary N) is 1. The van der Waals surface area contributed by atoms with E-state index in [1.807, 2.05) is 6.92 Å². The highest BCUT2D eigenvalue weighted by atomic mass is 35.5. The molecule has 7 nitrogen and oxygen atoms in total. The van der Waals surface area contributed by atoms with Crippen LogP contribution in [0.25, 0.3) is 0 Å². The Hall–Kier alpha value is -0.710. The van der Waals surface area contributed by atoms with Crippen LogP contribution in [0.5, 0.6) is 0 Å². The smallest absolute Gasteiger partial charge is 0.240 e. The zero-order chi connectivity index (χ0) is 17.8. The molecular weight excluding hydrogens is 386 g/mol. The maximum absolute atomic E-state index is 12.4. The molecule has 0 bridgehead atoms. The SMILES string of the molecule is CC(N)C1CCCN(S(=O)(=O)CCNS(=O)(=O)c2ccccc2)C1.Cl. The second kappa shape index (κ2) is 9.29. The molecule has 2 atom stereocenters. The van der Waals surface area contributed by atoms with Crippen molar-refractivity contribution in [1.82, 2.24) is 9.03 Å². The van der Waals surface area contributed by atoms with Crippen molar-refractivity contribution in [2.24, 2.45) is 11.7 Å². The molecule has 1 fully saturated rings. The Morgan fingerprint density at radius 1 is 1.24 bits per heavy atom. The molecule has 144 valence electrons. The second-order valence-corrected chi connectivity index (χ2v) is 10.0. The fraction of sp³-hybridized carbons (Fsp3) is 0.600. The van der Waals surface area contributed by atoms with Gasteiger partial charge in [0.05, 0.1) is 10.6 Å².